The smallest absolute Gasteiger partial charge is 0.225 e. The fourth-order valence-electron chi connectivity index (χ4n) is 3.68. The average Bonchev–Trinajstić information content (AvgIpc) is 2.89. The van der Waals surface area contributed by atoms with Crippen molar-refractivity contribution in [3.8, 4) is 34.2 Å². The van der Waals surface area contributed by atoms with Crippen LogP contribution in [0, 0.1) is 18.3 Å². The predicted molar refractivity (Wildman–Crippen MR) is 142 cm³/mol. The van der Waals surface area contributed by atoms with Gasteiger partial charge in [-0.2, -0.15) is 5.26 Å². The number of rotatable bonds is 8. The minimum Gasteiger partial charge on any atom is -0.497 e. The molecule has 174 valence electrons. The number of methoxy groups -OCH3 is 1. The summed E-state index contributed by atoms with van der Waals surface area (Å²) in [6, 6.07) is 29.5. The lowest BCUT2D eigenvalue weighted by atomic mass is 9.99. The second-order valence-electron chi connectivity index (χ2n) is 7.96. The SMILES string of the molecule is COc1ccc(-c2cc(-c3ccccc3)nc(SCCC(=O)Nc3cccc(C)c3)c2C#N)cc1. The summed E-state index contributed by atoms with van der Waals surface area (Å²) in [7, 11) is 1.62. The molecule has 0 aliphatic heterocycles. The number of amides is 1. The molecule has 0 atom stereocenters. The molecular formula is C29H25N3O2S. The third kappa shape index (κ3) is 6.08. The fraction of sp³-hybridized carbons (Fsp3) is 0.138. The monoisotopic (exact) mass is 479 g/mol. The molecule has 0 saturated carbocycles. The van der Waals surface area contributed by atoms with Crippen LogP contribution < -0.4 is 10.1 Å². The van der Waals surface area contributed by atoms with E-state index in [1.165, 1.54) is 11.8 Å². The van der Waals surface area contributed by atoms with Crippen LogP contribution in [0.2, 0.25) is 0 Å². The van der Waals surface area contributed by atoms with E-state index in [9.17, 15) is 10.1 Å². The first-order valence-corrected chi connectivity index (χ1v) is 12.2. The molecule has 1 amide bonds. The minimum atomic E-state index is -0.0730. The molecule has 0 aliphatic carbocycles. The van der Waals surface area contributed by atoms with E-state index in [0.717, 1.165) is 39.4 Å². The number of nitrogens with zero attached hydrogens (tertiary/aromatic N) is 2. The molecule has 0 bridgehead atoms. The standard InChI is InChI=1S/C29H25N3O2S/c1-20-7-6-10-23(17-20)31-28(33)15-16-35-29-26(19-30)25(21-11-13-24(34-2)14-12-21)18-27(32-29)22-8-4-3-5-9-22/h3-14,17-18H,15-16H2,1-2H3,(H,31,33). The van der Waals surface area contributed by atoms with Crippen molar-refractivity contribution in [1.29, 1.82) is 5.26 Å². The van der Waals surface area contributed by atoms with Crippen LogP contribution in [0.25, 0.3) is 22.4 Å². The number of hydrogen-bond donors (Lipinski definition) is 1. The van der Waals surface area contributed by atoms with E-state index in [1.807, 2.05) is 91.9 Å². The molecule has 1 heterocycles. The van der Waals surface area contributed by atoms with Crippen LogP contribution in [0.15, 0.2) is 90.0 Å². The van der Waals surface area contributed by atoms with Crippen molar-refractivity contribution in [1.82, 2.24) is 4.98 Å². The fourth-order valence-corrected chi connectivity index (χ4v) is 4.62. The van der Waals surface area contributed by atoms with Crippen molar-refractivity contribution in [2.75, 3.05) is 18.2 Å². The van der Waals surface area contributed by atoms with Crippen molar-refractivity contribution in [3.05, 3.63) is 96.1 Å². The third-order valence-corrected chi connectivity index (χ3v) is 6.42. The number of hydrogen-bond acceptors (Lipinski definition) is 5. The number of aryl methyl sites for hydroxylation is 1. The van der Waals surface area contributed by atoms with E-state index in [0.29, 0.717) is 22.8 Å². The van der Waals surface area contributed by atoms with Gasteiger partial charge in [0.1, 0.15) is 16.8 Å². The van der Waals surface area contributed by atoms with Gasteiger partial charge in [-0.15, -0.1) is 11.8 Å². The Kier molecular flexibility index (Phi) is 7.81. The highest BCUT2D eigenvalue weighted by molar-refractivity contribution is 7.99. The second-order valence-corrected chi connectivity index (χ2v) is 9.04. The van der Waals surface area contributed by atoms with Crippen molar-refractivity contribution in [2.24, 2.45) is 0 Å². The first kappa shape index (κ1) is 24.1. The first-order chi connectivity index (χ1) is 17.1. The molecule has 5 nitrogen and oxygen atoms in total. The minimum absolute atomic E-state index is 0.0730. The first-order valence-electron chi connectivity index (χ1n) is 11.2. The molecule has 0 radical (unpaired) electrons. The number of benzene rings is 3. The van der Waals surface area contributed by atoms with Crippen LogP contribution in [0.4, 0.5) is 5.69 Å². The van der Waals surface area contributed by atoms with Gasteiger partial charge in [-0.1, -0.05) is 54.6 Å². The van der Waals surface area contributed by atoms with E-state index in [1.54, 1.807) is 7.11 Å². The van der Waals surface area contributed by atoms with Crippen LogP contribution >= 0.6 is 11.8 Å². The van der Waals surface area contributed by atoms with E-state index in [4.69, 9.17) is 9.72 Å². The molecule has 4 rings (SSSR count). The summed E-state index contributed by atoms with van der Waals surface area (Å²) in [6.45, 7) is 1.99. The van der Waals surface area contributed by atoms with Crippen LogP contribution in [0.5, 0.6) is 5.75 Å². The number of nitrogens with one attached hydrogen (secondary N) is 1. The summed E-state index contributed by atoms with van der Waals surface area (Å²) >= 11 is 1.42. The third-order valence-electron chi connectivity index (χ3n) is 5.44. The zero-order valence-electron chi connectivity index (χ0n) is 19.6. The summed E-state index contributed by atoms with van der Waals surface area (Å²) in [5.74, 6) is 1.18. The van der Waals surface area contributed by atoms with E-state index in [-0.39, 0.29) is 5.91 Å². The second kappa shape index (κ2) is 11.4. The van der Waals surface area contributed by atoms with Crippen molar-refractivity contribution in [3.63, 3.8) is 0 Å². The lowest BCUT2D eigenvalue weighted by Crippen LogP contribution is -2.12. The van der Waals surface area contributed by atoms with Crippen molar-refractivity contribution >= 4 is 23.4 Å². The van der Waals surface area contributed by atoms with Crippen molar-refractivity contribution in [2.45, 2.75) is 18.4 Å². The molecule has 0 saturated heterocycles. The molecule has 0 aliphatic rings. The summed E-state index contributed by atoms with van der Waals surface area (Å²) in [4.78, 5) is 17.3. The number of ether oxygens (including phenoxy) is 1. The number of aromatic nitrogens is 1. The van der Waals surface area contributed by atoms with Gasteiger partial charge in [-0.25, -0.2) is 4.98 Å². The van der Waals surface area contributed by atoms with Crippen LogP contribution in [0.1, 0.15) is 17.5 Å². The van der Waals surface area contributed by atoms with Gasteiger partial charge in [0.15, 0.2) is 0 Å². The lowest BCUT2D eigenvalue weighted by molar-refractivity contribution is -0.115. The summed E-state index contributed by atoms with van der Waals surface area (Å²) in [5, 5.41) is 13.6. The molecule has 3 aromatic carbocycles. The van der Waals surface area contributed by atoms with Gasteiger partial charge >= 0.3 is 0 Å². The lowest BCUT2D eigenvalue weighted by Gasteiger charge is -2.13. The molecule has 0 spiro atoms. The number of thioether (sulfide) groups is 1. The van der Waals surface area contributed by atoms with Gasteiger partial charge in [0.2, 0.25) is 5.91 Å². The Balaban J connectivity index is 1.60. The number of anilines is 1. The molecule has 0 unspecified atom stereocenters. The molecule has 4 aromatic rings. The van der Waals surface area contributed by atoms with Gasteiger partial charge in [-0.3, -0.25) is 4.79 Å². The average molecular weight is 480 g/mol. The maximum absolute atomic E-state index is 12.5. The topological polar surface area (TPSA) is 75.0 Å². The predicted octanol–water partition coefficient (Wildman–Crippen LogP) is 6.73. The molecule has 0 fully saturated rings. The maximum Gasteiger partial charge on any atom is 0.225 e. The van der Waals surface area contributed by atoms with Crippen LogP contribution in [0.3, 0.4) is 0 Å². The Morgan fingerprint density at radius 2 is 1.77 bits per heavy atom. The highest BCUT2D eigenvalue weighted by Gasteiger charge is 2.16. The molecule has 35 heavy (non-hydrogen) atoms. The zero-order chi connectivity index (χ0) is 24.6. The zero-order valence-corrected chi connectivity index (χ0v) is 20.4. The van der Waals surface area contributed by atoms with Gasteiger partial charge in [0.25, 0.3) is 0 Å². The van der Waals surface area contributed by atoms with Gasteiger partial charge in [0.05, 0.1) is 18.4 Å². The maximum atomic E-state index is 12.5. The van der Waals surface area contributed by atoms with Crippen LogP contribution in [-0.4, -0.2) is 23.8 Å². The van der Waals surface area contributed by atoms with E-state index >= 15 is 0 Å². The van der Waals surface area contributed by atoms with Gasteiger partial charge in [0, 0.05) is 29.0 Å². The van der Waals surface area contributed by atoms with Crippen molar-refractivity contribution < 1.29 is 9.53 Å². The number of carbonyl (C=O) groups excluding carboxylic acids is 1. The molecular weight excluding hydrogens is 454 g/mol. The molecule has 1 N–H and O–H groups in total. The summed E-state index contributed by atoms with van der Waals surface area (Å²) in [5.41, 5.74) is 5.82. The Bertz CT molecular complexity index is 1360. The highest BCUT2D eigenvalue weighted by Crippen LogP contribution is 2.35. The summed E-state index contributed by atoms with van der Waals surface area (Å²) < 4.78 is 5.28. The van der Waals surface area contributed by atoms with Gasteiger partial charge < -0.3 is 10.1 Å². The normalized spacial score (nSPS) is 10.4. The van der Waals surface area contributed by atoms with E-state index < -0.39 is 0 Å². The summed E-state index contributed by atoms with van der Waals surface area (Å²) in [6.07, 6.45) is 0.304. The number of nitriles is 1. The molecule has 1 aromatic heterocycles. The Morgan fingerprint density at radius 1 is 1.00 bits per heavy atom. The number of carbonyl (C=O) groups is 1. The highest BCUT2D eigenvalue weighted by atomic mass is 32.2. The molecule has 6 heteroatoms. The Hall–Kier alpha value is -4.08. The van der Waals surface area contributed by atoms with E-state index in [2.05, 4.69) is 11.4 Å². The Labute approximate surface area is 209 Å². The van der Waals surface area contributed by atoms with Gasteiger partial charge in [-0.05, 0) is 48.4 Å². The van der Waals surface area contributed by atoms with Crippen LogP contribution in [-0.2, 0) is 4.79 Å². The Morgan fingerprint density at radius 3 is 2.46 bits per heavy atom. The number of pyridine rings is 1. The largest absolute Gasteiger partial charge is 0.497 e. The quantitative estimate of drug-likeness (QED) is 0.284.